The molecule has 1 aromatic carbocycles. The van der Waals surface area contributed by atoms with Gasteiger partial charge in [0.25, 0.3) is 5.91 Å². The molecule has 0 aromatic heterocycles. The third-order valence-corrected chi connectivity index (χ3v) is 3.73. The molecule has 112 valence electrons. The van der Waals surface area contributed by atoms with Crippen molar-refractivity contribution in [3.05, 3.63) is 34.1 Å². The molecular weight excluding hydrogens is 325 g/mol. The van der Waals surface area contributed by atoms with Crippen LogP contribution < -0.4 is 5.32 Å². The van der Waals surface area contributed by atoms with E-state index in [9.17, 15) is 9.18 Å². The van der Waals surface area contributed by atoms with E-state index in [1.165, 1.54) is 18.2 Å². The van der Waals surface area contributed by atoms with Crippen molar-refractivity contribution in [1.82, 2.24) is 5.32 Å². The molecule has 0 heterocycles. The fraction of sp³-hybridized carbons (Fsp3) is 0.533. The first-order valence-corrected chi connectivity index (χ1v) is 7.57. The van der Waals surface area contributed by atoms with Crippen molar-refractivity contribution < 1.29 is 14.3 Å². The topological polar surface area (TPSA) is 49.3 Å². The van der Waals surface area contributed by atoms with Gasteiger partial charge in [-0.15, -0.1) is 0 Å². The zero-order chi connectivity index (χ0) is 15.1. The summed E-state index contributed by atoms with van der Waals surface area (Å²) in [5, 5.41) is 11.9. The van der Waals surface area contributed by atoms with E-state index < -0.39 is 0 Å². The Bertz CT molecular complexity index is 451. The Morgan fingerprint density at radius 3 is 2.70 bits per heavy atom. The van der Waals surface area contributed by atoms with Crippen molar-refractivity contribution in [3.63, 3.8) is 0 Å². The van der Waals surface area contributed by atoms with E-state index >= 15 is 0 Å². The van der Waals surface area contributed by atoms with E-state index in [1.807, 2.05) is 0 Å². The summed E-state index contributed by atoms with van der Waals surface area (Å²) in [6, 6.07) is 3.99. The number of hydrogen-bond donors (Lipinski definition) is 2. The Kier molecular flexibility index (Phi) is 7.16. The smallest absolute Gasteiger partial charge is 0.252 e. The molecule has 0 spiro atoms. The lowest BCUT2D eigenvalue weighted by Gasteiger charge is -2.18. The number of rotatable bonds is 7. The molecule has 3 nitrogen and oxygen atoms in total. The number of halogens is 2. The zero-order valence-corrected chi connectivity index (χ0v) is 13.4. The van der Waals surface area contributed by atoms with Crippen molar-refractivity contribution in [2.45, 2.75) is 26.7 Å². The van der Waals surface area contributed by atoms with E-state index in [4.69, 9.17) is 5.11 Å². The fourth-order valence-corrected chi connectivity index (χ4v) is 2.69. The Morgan fingerprint density at radius 1 is 1.45 bits per heavy atom. The Morgan fingerprint density at radius 2 is 2.15 bits per heavy atom. The molecule has 0 aliphatic carbocycles. The number of nitrogens with one attached hydrogen (secondary N) is 1. The SMILES string of the molecule is CC(C)CC(CCO)CNC(=O)c1ccc(F)cc1Br. The molecule has 0 saturated heterocycles. The van der Waals surface area contributed by atoms with Crippen molar-refractivity contribution >= 4 is 21.8 Å². The largest absolute Gasteiger partial charge is 0.396 e. The lowest BCUT2D eigenvalue weighted by molar-refractivity contribution is 0.0940. The highest BCUT2D eigenvalue weighted by atomic mass is 79.9. The van der Waals surface area contributed by atoms with Crippen molar-refractivity contribution in [2.75, 3.05) is 13.2 Å². The van der Waals surface area contributed by atoms with Crippen molar-refractivity contribution in [3.8, 4) is 0 Å². The summed E-state index contributed by atoms with van der Waals surface area (Å²) in [4.78, 5) is 12.0. The summed E-state index contributed by atoms with van der Waals surface area (Å²) in [5.41, 5.74) is 0.415. The summed E-state index contributed by atoms with van der Waals surface area (Å²) in [6.45, 7) is 4.86. The second-order valence-corrected chi connectivity index (χ2v) is 6.20. The highest BCUT2D eigenvalue weighted by Crippen LogP contribution is 2.19. The number of amides is 1. The molecule has 0 aliphatic heterocycles. The van der Waals surface area contributed by atoms with Crippen LogP contribution in [0, 0.1) is 17.7 Å². The van der Waals surface area contributed by atoms with Gasteiger partial charge in [0.05, 0.1) is 5.56 Å². The van der Waals surface area contributed by atoms with Crippen molar-refractivity contribution in [1.29, 1.82) is 0 Å². The van der Waals surface area contributed by atoms with E-state index in [1.54, 1.807) is 0 Å². The summed E-state index contributed by atoms with van der Waals surface area (Å²) in [5.74, 6) is 0.152. The molecule has 20 heavy (non-hydrogen) atoms. The minimum Gasteiger partial charge on any atom is -0.396 e. The molecule has 0 bridgehead atoms. The highest BCUT2D eigenvalue weighted by molar-refractivity contribution is 9.10. The van der Waals surface area contributed by atoms with Crippen LogP contribution in [-0.4, -0.2) is 24.2 Å². The Hall–Kier alpha value is -0.940. The Balaban J connectivity index is 2.60. The predicted octanol–water partition coefficient (Wildman–Crippen LogP) is 3.36. The molecule has 1 rings (SSSR count). The van der Waals surface area contributed by atoms with E-state index in [0.717, 1.165) is 6.42 Å². The van der Waals surface area contributed by atoms with Crippen molar-refractivity contribution in [2.24, 2.45) is 11.8 Å². The molecule has 1 amide bonds. The van der Waals surface area contributed by atoms with Gasteiger partial charge in [-0.3, -0.25) is 4.79 Å². The van der Waals surface area contributed by atoms with Crippen LogP contribution in [-0.2, 0) is 0 Å². The van der Waals surface area contributed by atoms with Gasteiger partial charge in [-0.05, 0) is 58.8 Å². The number of aliphatic hydroxyl groups excluding tert-OH is 1. The summed E-state index contributed by atoms with van der Waals surface area (Å²) >= 11 is 3.18. The maximum Gasteiger partial charge on any atom is 0.252 e. The van der Waals surface area contributed by atoms with Crippen LogP contribution in [0.25, 0.3) is 0 Å². The lowest BCUT2D eigenvalue weighted by atomic mass is 9.94. The van der Waals surface area contributed by atoms with Crippen LogP contribution >= 0.6 is 15.9 Å². The van der Waals surface area contributed by atoms with Gasteiger partial charge in [0.15, 0.2) is 0 Å². The average Bonchev–Trinajstić information content (AvgIpc) is 2.35. The number of benzene rings is 1. The molecule has 1 atom stereocenters. The van der Waals surface area contributed by atoms with Gasteiger partial charge >= 0.3 is 0 Å². The molecule has 2 N–H and O–H groups in total. The first-order valence-electron chi connectivity index (χ1n) is 6.78. The van der Waals surface area contributed by atoms with E-state index in [-0.39, 0.29) is 24.2 Å². The fourth-order valence-electron chi connectivity index (χ4n) is 2.16. The predicted molar refractivity (Wildman–Crippen MR) is 81.1 cm³/mol. The number of hydrogen-bond acceptors (Lipinski definition) is 2. The molecule has 1 aromatic rings. The lowest BCUT2D eigenvalue weighted by Crippen LogP contribution is -2.30. The van der Waals surface area contributed by atoms with Gasteiger partial charge in [0.1, 0.15) is 5.82 Å². The summed E-state index contributed by atoms with van der Waals surface area (Å²) < 4.78 is 13.4. The van der Waals surface area contributed by atoms with Gasteiger partial charge in [-0.1, -0.05) is 13.8 Å². The molecule has 0 saturated carbocycles. The molecule has 0 fully saturated rings. The highest BCUT2D eigenvalue weighted by Gasteiger charge is 2.15. The quantitative estimate of drug-likeness (QED) is 0.795. The third-order valence-electron chi connectivity index (χ3n) is 3.07. The van der Waals surface area contributed by atoms with E-state index in [0.29, 0.717) is 28.9 Å². The average molecular weight is 346 g/mol. The van der Waals surface area contributed by atoms with Crippen LogP contribution in [0.2, 0.25) is 0 Å². The standard InChI is InChI=1S/C15H21BrFNO2/c1-10(2)7-11(5-6-19)9-18-15(20)13-4-3-12(17)8-14(13)16/h3-4,8,10-11,19H,5-7,9H2,1-2H3,(H,18,20). The minimum absolute atomic E-state index is 0.119. The number of carbonyl (C=O) groups excluding carboxylic acids is 1. The zero-order valence-electron chi connectivity index (χ0n) is 11.8. The maximum absolute atomic E-state index is 13.0. The molecule has 1 unspecified atom stereocenters. The second-order valence-electron chi connectivity index (χ2n) is 5.34. The van der Waals surface area contributed by atoms with E-state index in [2.05, 4.69) is 35.1 Å². The monoisotopic (exact) mass is 345 g/mol. The maximum atomic E-state index is 13.0. The molecule has 0 radical (unpaired) electrons. The third kappa shape index (κ3) is 5.59. The molecule has 5 heteroatoms. The molecular formula is C15H21BrFNO2. The van der Waals surface area contributed by atoms with Crippen LogP contribution in [0.4, 0.5) is 4.39 Å². The number of aliphatic hydroxyl groups is 1. The van der Waals surface area contributed by atoms with Gasteiger partial charge < -0.3 is 10.4 Å². The number of carbonyl (C=O) groups is 1. The first-order chi connectivity index (χ1) is 9.43. The van der Waals surface area contributed by atoms with Crippen LogP contribution in [0.15, 0.2) is 22.7 Å². The summed E-state index contributed by atoms with van der Waals surface area (Å²) in [7, 11) is 0. The van der Waals surface area contributed by atoms with Crippen LogP contribution in [0.1, 0.15) is 37.0 Å². The second kappa shape index (κ2) is 8.37. The van der Waals surface area contributed by atoms with Crippen LogP contribution in [0.5, 0.6) is 0 Å². The van der Waals surface area contributed by atoms with Gasteiger partial charge in [-0.25, -0.2) is 4.39 Å². The van der Waals surface area contributed by atoms with Gasteiger partial charge in [0.2, 0.25) is 0 Å². The molecule has 0 aliphatic rings. The van der Waals surface area contributed by atoms with Crippen LogP contribution in [0.3, 0.4) is 0 Å². The normalized spacial score (nSPS) is 12.5. The first kappa shape index (κ1) is 17.1. The van der Waals surface area contributed by atoms with Gasteiger partial charge in [0, 0.05) is 17.6 Å². The Labute approximate surface area is 127 Å². The summed E-state index contributed by atoms with van der Waals surface area (Å²) in [6.07, 6.45) is 1.62. The van der Waals surface area contributed by atoms with Gasteiger partial charge in [-0.2, -0.15) is 0 Å². The minimum atomic E-state index is -0.383.